The Labute approximate surface area is 113 Å². The molecule has 1 rings (SSSR count). The molecule has 0 aliphatic heterocycles. The van der Waals surface area contributed by atoms with Crippen molar-refractivity contribution in [1.82, 2.24) is 20.5 Å². The molecule has 19 heavy (non-hydrogen) atoms. The quantitative estimate of drug-likeness (QED) is 0.846. The molecule has 6 heteroatoms. The van der Waals surface area contributed by atoms with E-state index in [0.29, 0.717) is 0 Å². The van der Waals surface area contributed by atoms with E-state index >= 15 is 0 Å². The van der Waals surface area contributed by atoms with Crippen molar-refractivity contribution in [3.8, 4) is 0 Å². The predicted octanol–water partition coefficient (Wildman–Crippen LogP) is 0.838. The van der Waals surface area contributed by atoms with Crippen molar-refractivity contribution in [2.45, 2.75) is 19.9 Å². The number of aromatic nitrogens is 1. The zero-order valence-electron chi connectivity index (χ0n) is 11.7. The minimum atomic E-state index is -0.295. The van der Waals surface area contributed by atoms with Gasteiger partial charge in [-0.15, -0.1) is 0 Å². The fraction of sp³-hybridized carbons (Fsp3) is 0.462. The van der Waals surface area contributed by atoms with Crippen LogP contribution >= 0.6 is 0 Å². The van der Waals surface area contributed by atoms with Crippen LogP contribution in [0.3, 0.4) is 0 Å². The van der Waals surface area contributed by atoms with Gasteiger partial charge in [0.1, 0.15) is 0 Å². The van der Waals surface area contributed by atoms with Crippen LogP contribution in [0.15, 0.2) is 18.3 Å². The second kappa shape index (κ2) is 6.72. The molecule has 1 unspecified atom stereocenters. The second-order valence-corrected chi connectivity index (χ2v) is 4.55. The predicted molar refractivity (Wildman–Crippen MR) is 72.6 cm³/mol. The van der Waals surface area contributed by atoms with Gasteiger partial charge in [0, 0.05) is 20.3 Å². The highest BCUT2D eigenvalue weighted by molar-refractivity contribution is 5.83. The van der Waals surface area contributed by atoms with E-state index in [1.165, 1.54) is 4.90 Å². The number of hydrogen-bond donors (Lipinski definition) is 2. The number of carbonyl (C=O) groups is 2. The number of rotatable bonds is 4. The highest BCUT2D eigenvalue weighted by Crippen LogP contribution is 2.13. The van der Waals surface area contributed by atoms with Crippen molar-refractivity contribution < 1.29 is 9.59 Å². The van der Waals surface area contributed by atoms with E-state index in [4.69, 9.17) is 0 Å². The number of hydrogen-bond acceptors (Lipinski definition) is 3. The Morgan fingerprint density at radius 2 is 2.11 bits per heavy atom. The standard InChI is InChI=1S/C13H20N4O2/c1-9-6-5-7-14-12(9)10(2)16-11(18)8-15-13(19)17(3)4/h5-7,10H,8H2,1-4H3,(H,15,19)(H,16,18). The van der Waals surface area contributed by atoms with E-state index < -0.39 is 0 Å². The molecule has 0 saturated carbocycles. The highest BCUT2D eigenvalue weighted by atomic mass is 16.2. The fourth-order valence-corrected chi connectivity index (χ4v) is 1.63. The molecule has 6 nitrogen and oxygen atoms in total. The summed E-state index contributed by atoms with van der Waals surface area (Å²) in [5, 5.41) is 5.30. The monoisotopic (exact) mass is 264 g/mol. The minimum absolute atomic E-state index is 0.0484. The molecule has 1 aromatic heterocycles. The summed E-state index contributed by atoms with van der Waals surface area (Å²) in [5.74, 6) is -0.243. The first-order valence-corrected chi connectivity index (χ1v) is 6.08. The van der Waals surface area contributed by atoms with Crippen LogP contribution in [0.5, 0.6) is 0 Å². The van der Waals surface area contributed by atoms with Gasteiger partial charge < -0.3 is 15.5 Å². The third-order valence-electron chi connectivity index (χ3n) is 2.64. The zero-order valence-corrected chi connectivity index (χ0v) is 11.7. The molecule has 1 aromatic rings. The normalized spacial score (nSPS) is 11.6. The maximum atomic E-state index is 11.7. The van der Waals surface area contributed by atoms with Crippen LogP contribution in [0.1, 0.15) is 24.2 Å². The average molecular weight is 264 g/mol. The molecule has 2 N–H and O–H groups in total. The Kier molecular flexibility index (Phi) is 5.29. The van der Waals surface area contributed by atoms with Gasteiger partial charge in [0.15, 0.2) is 0 Å². The maximum absolute atomic E-state index is 11.7. The van der Waals surface area contributed by atoms with Crippen LogP contribution in [0.2, 0.25) is 0 Å². The van der Waals surface area contributed by atoms with Crippen molar-refractivity contribution in [3.63, 3.8) is 0 Å². The number of urea groups is 1. The Morgan fingerprint density at radius 3 is 2.68 bits per heavy atom. The van der Waals surface area contributed by atoms with Gasteiger partial charge in [0.25, 0.3) is 0 Å². The molecule has 0 spiro atoms. The van der Waals surface area contributed by atoms with Crippen molar-refractivity contribution in [1.29, 1.82) is 0 Å². The number of amides is 3. The maximum Gasteiger partial charge on any atom is 0.317 e. The zero-order chi connectivity index (χ0) is 14.4. The fourth-order valence-electron chi connectivity index (χ4n) is 1.63. The number of nitrogens with one attached hydrogen (secondary N) is 2. The van der Waals surface area contributed by atoms with Crippen molar-refractivity contribution in [2.24, 2.45) is 0 Å². The van der Waals surface area contributed by atoms with Crippen LogP contribution in [-0.2, 0) is 4.79 Å². The van der Waals surface area contributed by atoms with Gasteiger partial charge in [-0.05, 0) is 25.5 Å². The van der Waals surface area contributed by atoms with E-state index in [0.717, 1.165) is 11.3 Å². The van der Waals surface area contributed by atoms with Crippen LogP contribution in [0.4, 0.5) is 4.79 Å². The molecule has 104 valence electrons. The lowest BCUT2D eigenvalue weighted by Gasteiger charge is -2.16. The van der Waals surface area contributed by atoms with Crippen molar-refractivity contribution in [3.05, 3.63) is 29.6 Å². The highest BCUT2D eigenvalue weighted by Gasteiger charge is 2.13. The van der Waals surface area contributed by atoms with E-state index in [2.05, 4.69) is 15.6 Å². The summed E-state index contributed by atoms with van der Waals surface area (Å²) in [6.45, 7) is 3.76. The summed E-state index contributed by atoms with van der Waals surface area (Å²) >= 11 is 0. The van der Waals surface area contributed by atoms with Crippen LogP contribution in [-0.4, -0.2) is 42.5 Å². The number of pyridine rings is 1. The number of carbonyl (C=O) groups excluding carboxylic acids is 2. The molecule has 0 saturated heterocycles. The molecule has 1 heterocycles. The molecule has 0 radical (unpaired) electrons. The first-order valence-electron chi connectivity index (χ1n) is 6.08. The number of nitrogens with zero attached hydrogens (tertiary/aromatic N) is 2. The van der Waals surface area contributed by atoms with Gasteiger partial charge in [-0.1, -0.05) is 6.07 Å². The first kappa shape index (κ1) is 14.9. The average Bonchev–Trinajstić information content (AvgIpc) is 2.36. The lowest BCUT2D eigenvalue weighted by molar-refractivity contribution is -0.120. The van der Waals surface area contributed by atoms with Gasteiger partial charge in [0.05, 0.1) is 18.3 Å². The third kappa shape index (κ3) is 4.57. The topological polar surface area (TPSA) is 74.3 Å². The molecular weight excluding hydrogens is 244 g/mol. The molecule has 0 bridgehead atoms. The Hall–Kier alpha value is -2.11. The molecular formula is C13H20N4O2. The smallest absolute Gasteiger partial charge is 0.317 e. The summed E-state index contributed by atoms with van der Waals surface area (Å²) in [5.41, 5.74) is 1.85. The van der Waals surface area contributed by atoms with Crippen LogP contribution in [0.25, 0.3) is 0 Å². The molecule has 0 fully saturated rings. The van der Waals surface area contributed by atoms with Crippen molar-refractivity contribution >= 4 is 11.9 Å². The SMILES string of the molecule is Cc1cccnc1C(C)NC(=O)CNC(=O)N(C)C. The molecule has 0 aliphatic rings. The summed E-state index contributed by atoms with van der Waals surface area (Å²) < 4.78 is 0. The van der Waals surface area contributed by atoms with Crippen LogP contribution in [0, 0.1) is 6.92 Å². The number of aryl methyl sites for hydroxylation is 1. The minimum Gasteiger partial charge on any atom is -0.346 e. The Morgan fingerprint density at radius 1 is 1.42 bits per heavy atom. The second-order valence-electron chi connectivity index (χ2n) is 4.55. The van der Waals surface area contributed by atoms with Crippen LogP contribution < -0.4 is 10.6 Å². The van der Waals surface area contributed by atoms with E-state index in [9.17, 15) is 9.59 Å². The lowest BCUT2D eigenvalue weighted by Crippen LogP contribution is -2.42. The van der Waals surface area contributed by atoms with E-state index in [1.807, 2.05) is 26.0 Å². The van der Waals surface area contributed by atoms with Gasteiger partial charge >= 0.3 is 6.03 Å². The van der Waals surface area contributed by atoms with E-state index in [1.54, 1.807) is 20.3 Å². The largest absolute Gasteiger partial charge is 0.346 e. The summed E-state index contributed by atoms with van der Waals surface area (Å²) in [4.78, 5) is 28.6. The molecule has 0 aromatic carbocycles. The Bertz CT molecular complexity index is 460. The molecule has 0 aliphatic carbocycles. The first-order chi connectivity index (χ1) is 8.91. The third-order valence-corrected chi connectivity index (χ3v) is 2.64. The summed E-state index contributed by atoms with van der Waals surface area (Å²) in [6, 6.07) is 3.31. The lowest BCUT2D eigenvalue weighted by atomic mass is 10.1. The van der Waals surface area contributed by atoms with E-state index in [-0.39, 0.29) is 24.5 Å². The van der Waals surface area contributed by atoms with Gasteiger partial charge in [-0.25, -0.2) is 4.79 Å². The summed E-state index contributed by atoms with van der Waals surface area (Å²) in [7, 11) is 3.24. The molecule has 1 atom stereocenters. The molecule has 3 amide bonds. The van der Waals surface area contributed by atoms with Gasteiger partial charge in [-0.2, -0.15) is 0 Å². The Balaban J connectivity index is 2.49. The van der Waals surface area contributed by atoms with Gasteiger partial charge in [0.2, 0.25) is 5.91 Å². The van der Waals surface area contributed by atoms with Crippen molar-refractivity contribution in [2.75, 3.05) is 20.6 Å². The van der Waals surface area contributed by atoms with Gasteiger partial charge in [-0.3, -0.25) is 9.78 Å². The summed E-state index contributed by atoms with van der Waals surface area (Å²) in [6.07, 6.45) is 1.69.